The first kappa shape index (κ1) is 26.1. The first-order chi connectivity index (χ1) is 16.9. The van der Waals surface area contributed by atoms with Crippen LogP contribution in [0.3, 0.4) is 0 Å². The van der Waals surface area contributed by atoms with Crippen LogP contribution in [0.5, 0.6) is 0 Å². The molecule has 2 aromatic carbocycles. The lowest BCUT2D eigenvalue weighted by molar-refractivity contribution is -0.117. The number of anilines is 2. The number of benzene rings is 2. The van der Waals surface area contributed by atoms with Crippen LogP contribution in [0.2, 0.25) is 5.02 Å². The Kier molecular flexibility index (Phi) is 7.14. The van der Waals surface area contributed by atoms with Crippen molar-refractivity contribution in [2.24, 2.45) is 5.92 Å². The van der Waals surface area contributed by atoms with E-state index in [4.69, 9.17) is 34.8 Å². The second-order valence-electron chi connectivity index (χ2n) is 7.87. The molecule has 36 heavy (non-hydrogen) atoms. The highest BCUT2D eigenvalue weighted by molar-refractivity contribution is 6.53. The summed E-state index contributed by atoms with van der Waals surface area (Å²) in [7, 11) is 0. The van der Waals surface area contributed by atoms with Crippen molar-refractivity contribution in [2.45, 2.75) is 16.7 Å². The van der Waals surface area contributed by atoms with Crippen LogP contribution in [-0.4, -0.2) is 21.1 Å². The maximum absolute atomic E-state index is 13.8. The lowest BCUT2D eigenvalue weighted by Crippen LogP contribution is -2.19. The lowest BCUT2D eigenvalue weighted by atomic mass is 10.0. The summed E-state index contributed by atoms with van der Waals surface area (Å²) in [6.45, 7) is 0. The van der Waals surface area contributed by atoms with Crippen LogP contribution in [0.25, 0.3) is 0 Å². The van der Waals surface area contributed by atoms with E-state index in [2.05, 4.69) is 15.6 Å². The molecular weight excluding hydrogens is 552 g/mol. The summed E-state index contributed by atoms with van der Waals surface area (Å²) < 4.78 is 65.1. The number of nitrogens with one attached hydrogen (secondary N) is 2. The minimum absolute atomic E-state index is 0.0282. The summed E-state index contributed by atoms with van der Waals surface area (Å²) in [4.78, 5) is 28.9. The topological polar surface area (TPSA) is 71.1 Å². The average Bonchev–Trinajstić information content (AvgIpc) is 3.38. The van der Waals surface area contributed by atoms with Gasteiger partial charge < -0.3 is 10.6 Å². The first-order valence-corrected chi connectivity index (χ1v) is 11.2. The molecule has 0 saturated heterocycles. The van der Waals surface area contributed by atoms with Gasteiger partial charge in [-0.2, -0.15) is 0 Å². The van der Waals surface area contributed by atoms with E-state index < -0.39 is 63.2 Å². The van der Waals surface area contributed by atoms with Crippen LogP contribution in [0, 0.1) is 23.4 Å². The normalized spacial score (nSPS) is 18.1. The highest BCUT2D eigenvalue weighted by Crippen LogP contribution is 2.65. The van der Waals surface area contributed by atoms with Crippen molar-refractivity contribution in [3.8, 4) is 0 Å². The average molecular weight is 565 g/mol. The number of amides is 2. The van der Waals surface area contributed by atoms with Gasteiger partial charge in [-0.3, -0.25) is 9.59 Å². The molecule has 2 amide bonds. The zero-order valence-corrected chi connectivity index (χ0v) is 19.9. The Hall–Kier alpha value is -2.95. The molecule has 2 atom stereocenters. The molecule has 3 aromatic rings. The Bertz CT molecular complexity index is 1370. The first-order valence-electron chi connectivity index (χ1n) is 10.1. The fraction of sp³-hybridized carbons (Fsp3) is 0.174. The van der Waals surface area contributed by atoms with Gasteiger partial charge in [-0.05, 0) is 42.0 Å². The second kappa shape index (κ2) is 9.84. The minimum Gasteiger partial charge on any atom is -0.326 e. The summed E-state index contributed by atoms with van der Waals surface area (Å²) in [5.74, 6) is -7.26. The molecule has 2 N–H and O–H groups in total. The third-order valence-corrected chi connectivity index (χ3v) is 6.68. The molecule has 2 unspecified atom stereocenters. The SMILES string of the molecule is O=C(Nc1ncc(F)cc1F)c1cc(NC(=O)C2C(c3cc(F)cc(C(F)F)c3)C2(Cl)Cl)ccc1Cl. The fourth-order valence-electron chi connectivity index (χ4n) is 3.69. The van der Waals surface area contributed by atoms with E-state index in [0.29, 0.717) is 18.3 Å². The molecule has 0 spiro atoms. The van der Waals surface area contributed by atoms with E-state index in [9.17, 15) is 31.5 Å². The largest absolute Gasteiger partial charge is 0.326 e. The van der Waals surface area contributed by atoms with E-state index in [1.165, 1.54) is 18.2 Å². The number of nitrogens with zero attached hydrogens (tertiary/aromatic N) is 1. The van der Waals surface area contributed by atoms with Crippen molar-refractivity contribution in [1.29, 1.82) is 0 Å². The van der Waals surface area contributed by atoms with Gasteiger partial charge in [0.15, 0.2) is 11.6 Å². The van der Waals surface area contributed by atoms with Crippen LogP contribution in [0.1, 0.15) is 33.8 Å². The van der Waals surface area contributed by atoms with E-state index >= 15 is 0 Å². The van der Waals surface area contributed by atoms with Crippen LogP contribution in [0.4, 0.5) is 33.5 Å². The molecule has 5 nitrogen and oxygen atoms in total. The van der Waals surface area contributed by atoms with Crippen molar-refractivity contribution >= 4 is 58.1 Å². The summed E-state index contributed by atoms with van der Waals surface area (Å²) in [6.07, 6.45) is -2.24. The van der Waals surface area contributed by atoms with Crippen LogP contribution in [-0.2, 0) is 4.79 Å². The van der Waals surface area contributed by atoms with Gasteiger partial charge in [-0.25, -0.2) is 26.9 Å². The molecular formula is C23H13Cl3F5N3O2. The number of pyridine rings is 1. The summed E-state index contributed by atoms with van der Waals surface area (Å²) >= 11 is 18.5. The van der Waals surface area contributed by atoms with E-state index in [0.717, 1.165) is 12.1 Å². The quantitative estimate of drug-likeness (QED) is 0.254. The number of hydrogen-bond donors (Lipinski definition) is 2. The van der Waals surface area contributed by atoms with Crippen LogP contribution in [0.15, 0.2) is 48.7 Å². The maximum atomic E-state index is 13.8. The molecule has 13 heteroatoms. The van der Waals surface area contributed by atoms with Gasteiger partial charge >= 0.3 is 0 Å². The summed E-state index contributed by atoms with van der Waals surface area (Å²) in [5, 5.41) is 4.58. The Morgan fingerprint density at radius 2 is 1.69 bits per heavy atom. The predicted octanol–water partition coefficient (Wildman–Crippen LogP) is 6.87. The number of rotatable bonds is 6. The molecule has 1 aliphatic rings. The second-order valence-corrected chi connectivity index (χ2v) is 9.72. The van der Waals surface area contributed by atoms with Crippen molar-refractivity contribution in [1.82, 2.24) is 4.98 Å². The van der Waals surface area contributed by atoms with Gasteiger partial charge in [0, 0.05) is 23.2 Å². The molecule has 188 valence electrons. The summed E-state index contributed by atoms with van der Waals surface area (Å²) in [6, 6.07) is 7.00. The summed E-state index contributed by atoms with van der Waals surface area (Å²) in [5.41, 5.74) is -0.660. The smallest absolute Gasteiger partial charge is 0.263 e. The lowest BCUT2D eigenvalue weighted by Gasteiger charge is -2.10. The molecule has 1 heterocycles. The third kappa shape index (κ3) is 5.25. The zero-order valence-electron chi connectivity index (χ0n) is 17.6. The van der Waals surface area contributed by atoms with E-state index in [1.54, 1.807) is 0 Å². The number of carbonyl (C=O) groups is 2. The number of hydrogen-bond acceptors (Lipinski definition) is 3. The third-order valence-electron chi connectivity index (χ3n) is 5.41. The molecule has 0 aliphatic heterocycles. The molecule has 1 saturated carbocycles. The predicted molar refractivity (Wildman–Crippen MR) is 124 cm³/mol. The van der Waals surface area contributed by atoms with E-state index in [-0.39, 0.29) is 21.8 Å². The Labute approximate surface area is 215 Å². The fourth-order valence-corrected chi connectivity index (χ4v) is 4.72. The molecule has 0 radical (unpaired) electrons. The molecule has 1 aromatic heterocycles. The number of alkyl halides is 4. The monoisotopic (exact) mass is 563 g/mol. The van der Waals surface area contributed by atoms with Gasteiger partial charge in [0.05, 0.1) is 22.7 Å². The van der Waals surface area contributed by atoms with E-state index in [1.807, 2.05) is 0 Å². The van der Waals surface area contributed by atoms with Crippen LogP contribution < -0.4 is 10.6 Å². The number of carbonyl (C=O) groups excluding carboxylic acids is 2. The molecule has 1 aliphatic carbocycles. The van der Waals surface area contributed by atoms with Crippen molar-refractivity contribution in [3.63, 3.8) is 0 Å². The van der Waals surface area contributed by atoms with Gasteiger partial charge in [0.2, 0.25) is 5.91 Å². The standard InChI is InChI=1S/C23H13Cl3F5N3O2/c24-15-2-1-13(7-14(15)21(35)34-20-16(29)6-12(28)8-32-20)33-22(36)18-17(23(18,25)26)9-3-10(19(30)31)5-11(27)4-9/h1-8,17-19H,(H,33,36)(H,32,34,35). The maximum Gasteiger partial charge on any atom is 0.263 e. The Morgan fingerprint density at radius 1 is 0.972 bits per heavy atom. The van der Waals surface area contributed by atoms with Gasteiger partial charge in [0.1, 0.15) is 16.0 Å². The van der Waals surface area contributed by atoms with Gasteiger partial charge in [0.25, 0.3) is 12.3 Å². The zero-order chi connectivity index (χ0) is 26.4. The van der Waals surface area contributed by atoms with Gasteiger partial charge in [-0.15, -0.1) is 23.2 Å². The van der Waals surface area contributed by atoms with Crippen molar-refractivity contribution in [3.05, 3.63) is 87.8 Å². The minimum atomic E-state index is -2.94. The van der Waals surface area contributed by atoms with Crippen molar-refractivity contribution in [2.75, 3.05) is 10.6 Å². The van der Waals surface area contributed by atoms with Crippen molar-refractivity contribution < 1.29 is 31.5 Å². The Morgan fingerprint density at radius 3 is 2.36 bits per heavy atom. The molecule has 1 fully saturated rings. The Balaban J connectivity index is 1.52. The highest BCUT2D eigenvalue weighted by Gasteiger charge is 2.67. The van der Waals surface area contributed by atoms with Gasteiger partial charge in [-0.1, -0.05) is 11.6 Å². The number of aromatic nitrogens is 1. The van der Waals surface area contributed by atoms with Crippen LogP contribution >= 0.6 is 34.8 Å². The molecule has 0 bridgehead atoms. The number of halogens is 8. The highest BCUT2D eigenvalue weighted by atomic mass is 35.5. The molecule has 4 rings (SSSR count).